The third-order valence-electron chi connectivity index (χ3n) is 5.49. The Balaban J connectivity index is 1.40. The summed E-state index contributed by atoms with van der Waals surface area (Å²) in [6.07, 6.45) is 8.04. The van der Waals surface area contributed by atoms with Crippen molar-refractivity contribution in [2.24, 2.45) is 5.92 Å². The number of rotatable bonds is 5. The van der Waals surface area contributed by atoms with Crippen LogP contribution >= 0.6 is 0 Å². The molecule has 3 fully saturated rings. The fourth-order valence-electron chi connectivity index (χ4n) is 4.03. The van der Waals surface area contributed by atoms with Crippen molar-refractivity contribution in [2.45, 2.75) is 63.5 Å². The molecule has 0 aromatic carbocycles. The minimum absolute atomic E-state index is 0.0187. The van der Waals surface area contributed by atoms with E-state index in [1.54, 1.807) is 0 Å². The first-order valence-corrected chi connectivity index (χ1v) is 9.63. The lowest BCUT2D eigenvalue weighted by molar-refractivity contribution is -0.136. The lowest BCUT2D eigenvalue weighted by Gasteiger charge is -2.34. The van der Waals surface area contributed by atoms with Gasteiger partial charge in [0.25, 0.3) is 0 Å². The highest BCUT2D eigenvalue weighted by atomic mass is 16.5. The molecule has 0 aromatic heterocycles. The Bertz CT molecular complexity index is 431. The van der Waals surface area contributed by atoms with Gasteiger partial charge in [-0.2, -0.15) is 0 Å². The zero-order valence-electron chi connectivity index (χ0n) is 14.6. The fraction of sp³-hybridized carbons (Fsp3) is 0.889. The highest BCUT2D eigenvalue weighted by molar-refractivity contribution is 5.82. The third-order valence-corrected chi connectivity index (χ3v) is 5.49. The van der Waals surface area contributed by atoms with Crippen LogP contribution in [0.15, 0.2) is 0 Å². The highest BCUT2D eigenvalue weighted by Gasteiger charge is 2.28. The highest BCUT2D eigenvalue weighted by Crippen LogP contribution is 2.20. The topological polar surface area (TPSA) is 70.7 Å². The number of carbonyl (C=O) groups is 2. The average Bonchev–Trinajstić information content (AvgIpc) is 3.15. The van der Waals surface area contributed by atoms with Crippen LogP contribution in [0.2, 0.25) is 0 Å². The maximum absolute atomic E-state index is 12.5. The molecule has 0 saturated carbocycles. The molecule has 24 heavy (non-hydrogen) atoms. The minimum Gasteiger partial charge on any atom is -0.378 e. The Hall–Kier alpha value is -1.14. The van der Waals surface area contributed by atoms with E-state index in [2.05, 4.69) is 10.6 Å². The van der Waals surface area contributed by atoms with E-state index < -0.39 is 0 Å². The van der Waals surface area contributed by atoms with E-state index in [1.165, 1.54) is 6.42 Å². The Morgan fingerprint density at radius 3 is 2.79 bits per heavy atom. The molecule has 3 rings (SSSR count). The summed E-state index contributed by atoms with van der Waals surface area (Å²) in [5.74, 6) is 0.710. The van der Waals surface area contributed by atoms with Gasteiger partial charge in [0.1, 0.15) is 0 Å². The van der Waals surface area contributed by atoms with Crippen molar-refractivity contribution in [3.8, 4) is 0 Å². The van der Waals surface area contributed by atoms with Gasteiger partial charge in [-0.15, -0.1) is 0 Å². The second-order valence-corrected chi connectivity index (χ2v) is 7.43. The SMILES string of the molecule is O=C(NCC1CCCN(C(=O)CC2CCCCO2)C1)C1CCCN1. The largest absolute Gasteiger partial charge is 0.378 e. The number of likely N-dealkylation sites (tertiary alicyclic amines) is 1. The van der Waals surface area contributed by atoms with Gasteiger partial charge >= 0.3 is 0 Å². The second kappa shape index (κ2) is 8.81. The number of carbonyl (C=O) groups excluding carboxylic acids is 2. The number of nitrogens with zero attached hydrogens (tertiary/aromatic N) is 1. The van der Waals surface area contributed by atoms with Gasteiger partial charge in [-0.3, -0.25) is 9.59 Å². The summed E-state index contributed by atoms with van der Waals surface area (Å²) < 4.78 is 5.69. The molecule has 0 bridgehead atoms. The van der Waals surface area contributed by atoms with Crippen molar-refractivity contribution in [1.82, 2.24) is 15.5 Å². The summed E-state index contributed by atoms with van der Waals surface area (Å²) in [6.45, 7) is 4.03. The summed E-state index contributed by atoms with van der Waals surface area (Å²) in [5, 5.41) is 6.30. The number of nitrogens with one attached hydrogen (secondary N) is 2. The number of hydrogen-bond donors (Lipinski definition) is 2. The number of ether oxygens (including phenoxy) is 1. The van der Waals surface area contributed by atoms with Crippen LogP contribution in [-0.4, -0.2) is 61.6 Å². The predicted molar refractivity (Wildman–Crippen MR) is 91.5 cm³/mol. The predicted octanol–water partition coefficient (Wildman–Crippen LogP) is 1.05. The van der Waals surface area contributed by atoms with E-state index >= 15 is 0 Å². The maximum Gasteiger partial charge on any atom is 0.237 e. The van der Waals surface area contributed by atoms with Crippen LogP contribution < -0.4 is 10.6 Å². The van der Waals surface area contributed by atoms with Gasteiger partial charge < -0.3 is 20.3 Å². The van der Waals surface area contributed by atoms with Gasteiger partial charge in [-0.1, -0.05) is 0 Å². The molecule has 2 N–H and O–H groups in total. The lowest BCUT2D eigenvalue weighted by Crippen LogP contribution is -2.47. The monoisotopic (exact) mass is 337 g/mol. The molecule has 3 saturated heterocycles. The molecule has 0 radical (unpaired) electrons. The molecule has 2 amide bonds. The number of hydrogen-bond acceptors (Lipinski definition) is 4. The van der Waals surface area contributed by atoms with Crippen molar-refractivity contribution in [1.29, 1.82) is 0 Å². The van der Waals surface area contributed by atoms with E-state index in [-0.39, 0.29) is 24.0 Å². The molecule has 3 aliphatic rings. The number of amides is 2. The van der Waals surface area contributed by atoms with Gasteiger partial charge in [0, 0.05) is 26.2 Å². The molecule has 0 spiro atoms. The van der Waals surface area contributed by atoms with Crippen LogP contribution in [0.25, 0.3) is 0 Å². The van der Waals surface area contributed by atoms with E-state index in [0.29, 0.717) is 18.9 Å². The fourth-order valence-corrected chi connectivity index (χ4v) is 4.03. The molecule has 0 aliphatic carbocycles. The number of piperidine rings is 1. The normalized spacial score (nSPS) is 31.0. The van der Waals surface area contributed by atoms with Crippen molar-refractivity contribution in [3.63, 3.8) is 0 Å². The molecule has 3 unspecified atom stereocenters. The molecular formula is C18H31N3O3. The van der Waals surface area contributed by atoms with E-state index in [4.69, 9.17) is 4.74 Å². The summed E-state index contributed by atoms with van der Waals surface area (Å²) >= 11 is 0. The molecular weight excluding hydrogens is 306 g/mol. The van der Waals surface area contributed by atoms with Gasteiger partial charge in [0.05, 0.1) is 18.6 Å². The zero-order valence-corrected chi connectivity index (χ0v) is 14.6. The molecule has 3 heterocycles. The lowest BCUT2D eigenvalue weighted by atomic mass is 9.97. The van der Waals surface area contributed by atoms with E-state index in [1.807, 2.05) is 4.90 Å². The van der Waals surface area contributed by atoms with Gasteiger partial charge in [0.15, 0.2) is 0 Å². The van der Waals surface area contributed by atoms with Crippen LogP contribution in [0, 0.1) is 5.92 Å². The van der Waals surface area contributed by atoms with Crippen LogP contribution in [0.5, 0.6) is 0 Å². The first-order chi connectivity index (χ1) is 11.7. The quantitative estimate of drug-likeness (QED) is 0.787. The molecule has 0 aromatic rings. The molecule has 6 nitrogen and oxygen atoms in total. The summed E-state index contributed by atoms with van der Waals surface area (Å²) in [7, 11) is 0. The second-order valence-electron chi connectivity index (χ2n) is 7.43. The van der Waals surface area contributed by atoms with Crippen LogP contribution in [-0.2, 0) is 14.3 Å². The first-order valence-electron chi connectivity index (χ1n) is 9.63. The molecule has 6 heteroatoms. The molecule has 3 aliphatic heterocycles. The minimum atomic E-state index is -0.0187. The molecule has 3 atom stereocenters. The zero-order chi connectivity index (χ0) is 16.8. The third kappa shape index (κ3) is 4.93. The van der Waals surface area contributed by atoms with Crippen molar-refractivity contribution >= 4 is 11.8 Å². The maximum atomic E-state index is 12.5. The summed E-state index contributed by atoms with van der Waals surface area (Å²) in [4.78, 5) is 26.6. The first kappa shape index (κ1) is 17.7. The molecule has 136 valence electrons. The standard InChI is InChI=1S/C18H31N3O3/c22-17(11-15-6-1-2-10-24-15)21-9-4-5-14(13-21)12-20-18(23)16-7-3-8-19-16/h14-16,19H,1-13H2,(H,20,23). The van der Waals surface area contributed by atoms with Gasteiger partial charge in [0.2, 0.25) is 11.8 Å². The van der Waals surface area contributed by atoms with Gasteiger partial charge in [-0.05, 0) is 57.4 Å². The Morgan fingerprint density at radius 1 is 1.12 bits per heavy atom. The Labute approximate surface area is 144 Å². The average molecular weight is 337 g/mol. The van der Waals surface area contributed by atoms with Crippen molar-refractivity contribution in [3.05, 3.63) is 0 Å². The van der Waals surface area contributed by atoms with E-state index in [9.17, 15) is 9.59 Å². The summed E-state index contributed by atoms with van der Waals surface area (Å²) in [5.41, 5.74) is 0. The van der Waals surface area contributed by atoms with Crippen LogP contribution in [0.3, 0.4) is 0 Å². The van der Waals surface area contributed by atoms with E-state index in [0.717, 1.165) is 64.8 Å². The van der Waals surface area contributed by atoms with Crippen LogP contribution in [0.1, 0.15) is 51.4 Å². The summed E-state index contributed by atoms with van der Waals surface area (Å²) in [6, 6.07) is -0.0187. The Kier molecular flexibility index (Phi) is 6.49. The van der Waals surface area contributed by atoms with Gasteiger partial charge in [-0.25, -0.2) is 0 Å². The van der Waals surface area contributed by atoms with Crippen molar-refractivity contribution in [2.75, 3.05) is 32.8 Å². The Morgan fingerprint density at radius 2 is 2.04 bits per heavy atom. The van der Waals surface area contributed by atoms with Crippen molar-refractivity contribution < 1.29 is 14.3 Å². The smallest absolute Gasteiger partial charge is 0.237 e. The van der Waals surface area contributed by atoms with Crippen LogP contribution in [0.4, 0.5) is 0 Å².